The Kier molecular flexibility index (Phi) is 5.48. The molecule has 2 aliphatic rings. The van der Waals surface area contributed by atoms with Crippen LogP contribution in [-0.2, 0) is 4.79 Å². The number of nitrogens with zero attached hydrogens (tertiary/aromatic N) is 1. The van der Waals surface area contributed by atoms with E-state index in [1.54, 1.807) is 0 Å². The summed E-state index contributed by atoms with van der Waals surface area (Å²) in [5.41, 5.74) is 0. The molecular formula is C15H27NO2. The van der Waals surface area contributed by atoms with E-state index in [-0.39, 0.29) is 5.92 Å². The average Bonchev–Trinajstić information content (AvgIpc) is 2.65. The Hall–Kier alpha value is -0.570. The Morgan fingerprint density at radius 1 is 1.00 bits per heavy atom. The van der Waals surface area contributed by atoms with Crippen LogP contribution in [0.25, 0.3) is 0 Å². The van der Waals surface area contributed by atoms with E-state index in [9.17, 15) is 9.90 Å². The molecule has 1 heterocycles. The van der Waals surface area contributed by atoms with Crippen LogP contribution in [0.5, 0.6) is 0 Å². The van der Waals surface area contributed by atoms with E-state index in [2.05, 4.69) is 4.90 Å². The Morgan fingerprint density at radius 2 is 1.56 bits per heavy atom. The van der Waals surface area contributed by atoms with Crippen LogP contribution < -0.4 is 0 Å². The SMILES string of the molecule is O=C(O)C(CN1CCCCCC1)C1CCCCC1. The topological polar surface area (TPSA) is 40.5 Å². The molecule has 0 spiro atoms. The quantitative estimate of drug-likeness (QED) is 0.836. The van der Waals surface area contributed by atoms with Gasteiger partial charge in [0.1, 0.15) is 0 Å². The molecule has 0 radical (unpaired) electrons. The molecule has 0 aromatic heterocycles. The van der Waals surface area contributed by atoms with Crippen molar-refractivity contribution in [1.82, 2.24) is 4.90 Å². The number of hydrogen-bond donors (Lipinski definition) is 1. The maximum atomic E-state index is 11.5. The molecule has 1 aliphatic heterocycles. The third-order valence-corrected chi connectivity index (χ3v) is 4.69. The van der Waals surface area contributed by atoms with Crippen molar-refractivity contribution in [1.29, 1.82) is 0 Å². The average molecular weight is 253 g/mol. The van der Waals surface area contributed by atoms with Gasteiger partial charge in [0.15, 0.2) is 0 Å². The minimum absolute atomic E-state index is 0.122. The largest absolute Gasteiger partial charge is 0.481 e. The molecule has 1 saturated heterocycles. The zero-order chi connectivity index (χ0) is 12.8. The van der Waals surface area contributed by atoms with Gasteiger partial charge in [-0.3, -0.25) is 4.79 Å². The molecule has 2 fully saturated rings. The van der Waals surface area contributed by atoms with Gasteiger partial charge in [-0.2, -0.15) is 0 Å². The molecule has 2 rings (SSSR count). The highest BCUT2D eigenvalue weighted by atomic mass is 16.4. The highest BCUT2D eigenvalue weighted by molar-refractivity contribution is 5.70. The van der Waals surface area contributed by atoms with Crippen molar-refractivity contribution in [3.63, 3.8) is 0 Å². The van der Waals surface area contributed by atoms with E-state index in [0.29, 0.717) is 5.92 Å². The number of likely N-dealkylation sites (tertiary alicyclic amines) is 1. The van der Waals surface area contributed by atoms with Gasteiger partial charge >= 0.3 is 5.97 Å². The number of hydrogen-bond acceptors (Lipinski definition) is 2. The van der Waals surface area contributed by atoms with Gasteiger partial charge in [-0.05, 0) is 44.7 Å². The van der Waals surface area contributed by atoms with Crippen LogP contribution in [0.4, 0.5) is 0 Å². The summed E-state index contributed by atoms with van der Waals surface area (Å²) in [6.07, 6.45) is 11.1. The van der Waals surface area contributed by atoms with Crippen LogP contribution in [0.2, 0.25) is 0 Å². The van der Waals surface area contributed by atoms with Crippen molar-refractivity contribution in [3.8, 4) is 0 Å². The standard InChI is InChI=1S/C15H27NO2/c17-15(18)14(13-8-4-3-5-9-13)12-16-10-6-1-2-7-11-16/h13-14H,1-12H2,(H,17,18). The van der Waals surface area contributed by atoms with Crippen LogP contribution in [0, 0.1) is 11.8 Å². The van der Waals surface area contributed by atoms with Gasteiger partial charge in [0.05, 0.1) is 5.92 Å². The smallest absolute Gasteiger partial charge is 0.308 e. The number of rotatable bonds is 4. The lowest BCUT2D eigenvalue weighted by molar-refractivity contribution is -0.145. The van der Waals surface area contributed by atoms with Crippen molar-refractivity contribution >= 4 is 5.97 Å². The number of aliphatic carboxylic acids is 1. The summed E-state index contributed by atoms with van der Waals surface area (Å²) in [5.74, 6) is -0.256. The fourth-order valence-corrected chi connectivity index (χ4v) is 3.56. The Morgan fingerprint density at radius 3 is 2.11 bits per heavy atom. The summed E-state index contributed by atoms with van der Waals surface area (Å²) in [6, 6.07) is 0. The molecule has 18 heavy (non-hydrogen) atoms. The van der Waals surface area contributed by atoms with Crippen LogP contribution in [0.3, 0.4) is 0 Å². The molecule has 0 amide bonds. The highest BCUT2D eigenvalue weighted by Gasteiger charge is 2.30. The monoisotopic (exact) mass is 253 g/mol. The third-order valence-electron chi connectivity index (χ3n) is 4.69. The summed E-state index contributed by atoms with van der Waals surface area (Å²) in [6.45, 7) is 3.01. The lowest BCUT2D eigenvalue weighted by Crippen LogP contribution is -2.38. The van der Waals surface area contributed by atoms with Crippen LogP contribution in [0.1, 0.15) is 57.8 Å². The second-order valence-electron chi connectivity index (χ2n) is 6.06. The van der Waals surface area contributed by atoms with E-state index < -0.39 is 5.97 Å². The van der Waals surface area contributed by atoms with Gasteiger partial charge in [0.2, 0.25) is 0 Å². The Labute approximate surface area is 111 Å². The first-order chi connectivity index (χ1) is 8.77. The molecule has 1 N–H and O–H groups in total. The van der Waals surface area contributed by atoms with Crippen molar-refractivity contribution in [2.24, 2.45) is 11.8 Å². The first-order valence-electron chi connectivity index (χ1n) is 7.72. The Bertz CT molecular complexity index is 253. The number of carbonyl (C=O) groups is 1. The molecule has 0 aromatic rings. The lowest BCUT2D eigenvalue weighted by Gasteiger charge is -2.31. The number of carboxylic acid groups (broad SMARTS) is 1. The maximum absolute atomic E-state index is 11.5. The molecule has 104 valence electrons. The lowest BCUT2D eigenvalue weighted by atomic mass is 9.79. The Balaban J connectivity index is 1.89. The summed E-state index contributed by atoms with van der Waals surface area (Å²) in [5, 5.41) is 9.50. The van der Waals surface area contributed by atoms with Gasteiger partial charge in [-0.1, -0.05) is 32.1 Å². The zero-order valence-corrected chi connectivity index (χ0v) is 11.4. The number of carboxylic acids is 1. The summed E-state index contributed by atoms with van der Waals surface area (Å²) < 4.78 is 0. The minimum Gasteiger partial charge on any atom is -0.481 e. The van der Waals surface area contributed by atoms with Crippen molar-refractivity contribution in [2.75, 3.05) is 19.6 Å². The van der Waals surface area contributed by atoms with Gasteiger partial charge < -0.3 is 10.0 Å². The predicted molar refractivity (Wildman–Crippen MR) is 72.6 cm³/mol. The zero-order valence-electron chi connectivity index (χ0n) is 11.4. The van der Waals surface area contributed by atoms with Gasteiger partial charge in [-0.15, -0.1) is 0 Å². The molecule has 0 aromatic carbocycles. The van der Waals surface area contributed by atoms with E-state index in [0.717, 1.165) is 32.5 Å². The molecule has 1 saturated carbocycles. The highest BCUT2D eigenvalue weighted by Crippen LogP contribution is 2.31. The molecule has 3 heteroatoms. The molecule has 0 bridgehead atoms. The fourth-order valence-electron chi connectivity index (χ4n) is 3.56. The maximum Gasteiger partial charge on any atom is 0.308 e. The first-order valence-corrected chi connectivity index (χ1v) is 7.72. The molecule has 1 unspecified atom stereocenters. The second kappa shape index (κ2) is 7.13. The first kappa shape index (κ1) is 13.9. The van der Waals surface area contributed by atoms with E-state index in [1.165, 1.54) is 44.9 Å². The molecule has 1 aliphatic carbocycles. The van der Waals surface area contributed by atoms with Crippen molar-refractivity contribution in [3.05, 3.63) is 0 Å². The van der Waals surface area contributed by atoms with E-state index in [4.69, 9.17) is 0 Å². The fraction of sp³-hybridized carbons (Fsp3) is 0.933. The molecular weight excluding hydrogens is 226 g/mol. The van der Waals surface area contributed by atoms with Crippen LogP contribution >= 0.6 is 0 Å². The van der Waals surface area contributed by atoms with E-state index >= 15 is 0 Å². The van der Waals surface area contributed by atoms with Gasteiger partial charge in [-0.25, -0.2) is 0 Å². The second-order valence-corrected chi connectivity index (χ2v) is 6.06. The minimum atomic E-state index is -0.564. The van der Waals surface area contributed by atoms with Crippen LogP contribution in [0.15, 0.2) is 0 Å². The van der Waals surface area contributed by atoms with Crippen LogP contribution in [-0.4, -0.2) is 35.6 Å². The summed E-state index contributed by atoms with van der Waals surface area (Å²) in [4.78, 5) is 13.9. The van der Waals surface area contributed by atoms with Gasteiger partial charge in [0.25, 0.3) is 0 Å². The predicted octanol–water partition coefficient (Wildman–Crippen LogP) is 3.14. The third kappa shape index (κ3) is 3.98. The summed E-state index contributed by atoms with van der Waals surface area (Å²) >= 11 is 0. The van der Waals surface area contributed by atoms with Crippen molar-refractivity contribution in [2.45, 2.75) is 57.8 Å². The van der Waals surface area contributed by atoms with Crippen molar-refractivity contribution < 1.29 is 9.90 Å². The normalized spacial score (nSPS) is 25.6. The van der Waals surface area contributed by atoms with E-state index in [1.807, 2.05) is 0 Å². The van der Waals surface area contributed by atoms with Gasteiger partial charge in [0, 0.05) is 6.54 Å². The molecule has 3 nitrogen and oxygen atoms in total. The summed E-state index contributed by atoms with van der Waals surface area (Å²) in [7, 11) is 0. The molecule has 1 atom stereocenters.